The van der Waals surface area contributed by atoms with Crippen molar-refractivity contribution in [2.75, 3.05) is 19.6 Å². The van der Waals surface area contributed by atoms with Gasteiger partial charge in [0, 0.05) is 61.3 Å². The number of nitrogens with zero attached hydrogens (tertiary/aromatic N) is 7. The minimum atomic E-state index is -1.29. The first-order valence-corrected chi connectivity index (χ1v) is 18.2. The van der Waals surface area contributed by atoms with Gasteiger partial charge in [0.1, 0.15) is 13.2 Å². The first kappa shape index (κ1) is 42.5. The number of nitro benzene ring substituents is 3. The van der Waals surface area contributed by atoms with Crippen LogP contribution in [0.3, 0.4) is 0 Å². The first-order chi connectivity index (χ1) is 27.6. The highest BCUT2D eigenvalue weighted by molar-refractivity contribution is 7.81. The van der Waals surface area contributed by atoms with Gasteiger partial charge in [-0.15, -0.1) is 4.99 Å². The van der Waals surface area contributed by atoms with E-state index in [2.05, 4.69) is 17.6 Å². The van der Waals surface area contributed by atoms with Crippen LogP contribution in [-0.2, 0) is 38.7 Å². The lowest BCUT2D eigenvalue weighted by Gasteiger charge is -2.30. The summed E-state index contributed by atoms with van der Waals surface area (Å²) >= 11 is 4.50. The molecule has 3 aromatic carbocycles. The van der Waals surface area contributed by atoms with E-state index in [1.165, 1.54) is 82.6 Å². The summed E-state index contributed by atoms with van der Waals surface area (Å²) < 4.78 is 10.5. The number of likely N-dealkylation sites (tertiary alicyclic amines) is 2. The van der Waals surface area contributed by atoms with Gasteiger partial charge in [-0.05, 0) is 53.8 Å². The number of aliphatic hydroxyl groups excluding tert-OH is 1. The van der Waals surface area contributed by atoms with Gasteiger partial charge in [-0.1, -0.05) is 12.1 Å². The zero-order chi connectivity index (χ0) is 42.1. The Hall–Kier alpha value is -6.68. The number of carbonyl (C=O) groups excluding carboxylic acids is 4. The lowest BCUT2D eigenvalue weighted by Crippen LogP contribution is -2.50. The highest BCUT2D eigenvalue weighted by Gasteiger charge is 2.41. The molecule has 5 rings (SSSR count). The Morgan fingerprint density at radius 1 is 0.810 bits per heavy atom. The van der Waals surface area contributed by atoms with Gasteiger partial charge in [-0.25, -0.2) is 14.5 Å². The monoisotopic (exact) mass is 822 g/mol. The Labute approximate surface area is 334 Å². The van der Waals surface area contributed by atoms with Gasteiger partial charge >= 0.3 is 12.2 Å². The SMILES string of the molecule is NC(=NC(=O)OCc1ccc([N+](=O)[O-])cc1)N(C(=O)OCc1ccc([N+](=O)[O-])cc1)[C@H]1CCN(C(=O)C[C@H](O)[C@@H]2C[C@H](S)CN2C(=O)Cc2ccc([N+](=O)[O-])cc2)C1. The number of nitro groups is 3. The molecular weight excluding hydrogens is 785 g/mol. The molecule has 21 nitrogen and oxygen atoms in total. The molecule has 2 heterocycles. The van der Waals surface area contributed by atoms with E-state index in [0.717, 1.165) is 4.90 Å². The number of aliphatic hydroxyl groups is 1. The maximum absolute atomic E-state index is 13.5. The van der Waals surface area contributed by atoms with Crippen LogP contribution >= 0.6 is 12.6 Å². The number of rotatable bonds is 13. The topological polar surface area (TPSA) is 284 Å². The second-order valence-corrected chi connectivity index (χ2v) is 14.2. The average molecular weight is 823 g/mol. The van der Waals surface area contributed by atoms with E-state index in [4.69, 9.17) is 15.2 Å². The molecule has 2 fully saturated rings. The largest absolute Gasteiger partial charge is 0.444 e. The van der Waals surface area contributed by atoms with E-state index in [1.54, 1.807) is 0 Å². The summed E-state index contributed by atoms with van der Waals surface area (Å²) in [6.07, 6.45) is -3.59. The molecule has 0 radical (unpaired) electrons. The molecular formula is C36H38N8O13S. The molecule has 0 bridgehead atoms. The number of nitrogens with two attached hydrogens (primary N) is 1. The number of ether oxygens (including phenoxy) is 2. The molecule has 3 aromatic rings. The van der Waals surface area contributed by atoms with Crippen LogP contribution in [0.2, 0.25) is 0 Å². The second kappa shape index (κ2) is 19.0. The molecule has 3 N–H and O–H groups in total. The lowest BCUT2D eigenvalue weighted by atomic mass is 10.0. The zero-order valence-electron chi connectivity index (χ0n) is 30.6. The van der Waals surface area contributed by atoms with E-state index in [9.17, 15) is 54.6 Å². The van der Waals surface area contributed by atoms with Crippen LogP contribution < -0.4 is 5.73 Å². The van der Waals surface area contributed by atoms with Gasteiger partial charge in [-0.2, -0.15) is 12.6 Å². The molecule has 4 atom stereocenters. The average Bonchev–Trinajstić information content (AvgIpc) is 3.84. The molecule has 4 amide bonds. The minimum Gasteiger partial charge on any atom is -0.444 e. The van der Waals surface area contributed by atoms with Crippen LogP contribution in [0.5, 0.6) is 0 Å². The molecule has 0 aromatic heterocycles. The normalized spacial score (nSPS) is 18.3. The van der Waals surface area contributed by atoms with Crippen LogP contribution in [0, 0.1) is 30.3 Å². The van der Waals surface area contributed by atoms with Crippen molar-refractivity contribution < 1.29 is 48.5 Å². The van der Waals surface area contributed by atoms with Gasteiger partial charge in [-0.3, -0.25) is 39.9 Å². The fraction of sp³-hybridized carbons (Fsp3) is 0.361. The predicted octanol–water partition coefficient (Wildman–Crippen LogP) is 3.50. The summed E-state index contributed by atoms with van der Waals surface area (Å²) in [5.41, 5.74) is 7.02. The number of amides is 4. The van der Waals surface area contributed by atoms with Crippen LogP contribution in [0.4, 0.5) is 26.7 Å². The molecule has 0 aliphatic carbocycles. The van der Waals surface area contributed by atoms with Gasteiger partial charge in [0.15, 0.2) is 0 Å². The predicted molar refractivity (Wildman–Crippen MR) is 205 cm³/mol. The van der Waals surface area contributed by atoms with Crippen LogP contribution in [-0.4, -0.2) is 108 Å². The fourth-order valence-corrected chi connectivity index (χ4v) is 6.92. The number of hydrogen-bond donors (Lipinski definition) is 3. The Morgan fingerprint density at radius 2 is 1.31 bits per heavy atom. The van der Waals surface area contributed by atoms with Crippen LogP contribution in [0.15, 0.2) is 77.8 Å². The molecule has 0 unspecified atom stereocenters. The van der Waals surface area contributed by atoms with E-state index < -0.39 is 57.0 Å². The summed E-state index contributed by atoms with van der Waals surface area (Å²) in [6.45, 7) is -0.485. The van der Waals surface area contributed by atoms with Crippen LogP contribution in [0.1, 0.15) is 36.0 Å². The second-order valence-electron chi connectivity index (χ2n) is 13.5. The summed E-state index contributed by atoms with van der Waals surface area (Å²) in [4.78, 5) is 91.6. The minimum absolute atomic E-state index is 0.0901. The van der Waals surface area contributed by atoms with Crippen molar-refractivity contribution in [3.05, 3.63) is 120 Å². The van der Waals surface area contributed by atoms with Crippen molar-refractivity contribution in [1.82, 2.24) is 14.7 Å². The van der Waals surface area contributed by atoms with E-state index in [0.29, 0.717) is 23.1 Å². The Morgan fingerprint density at radius 3 is 1.83 bits per heavy atom. The molecule has 58 heavy (non-hydrogen) atoms. The third-order valence-corrected chi connectivity index (χ3v) is 9.90. The zero-order valence-corrected chi connectivity index (χ0v) is 31.5. The number of benzene rings is 3. The van der Waals surface area contributed by atoms with E-state index >= 15 is 0 Å². The summed E-state index contributed by atoms with van der Waals surface area (Å²) in [5, 5.41) is 43.9. The Bertz CT molecular complexity index is 2070. The van der Waals surface area contributed by atoms with Gasteiger partial charge in [0.05, 0.1) is 45.8 Å². The third kappa shape index (κ3) is 11.0. The number of hydrogen-bond acceptors (Lipinski definition) is 14. The van der Waals surface area contributed by atoms with Gasteiger partial charge in [0.2, 0.25) is 17.8 Å². The Balaban J connectivity index is 1.24. The summed E-state index contributed by atoms with van der Waals surface area (Å²) in [6, 6.07) is 14.3. The van der Waals surface area contributed by atoms with Crippen molar-refractivity contribution in [3.63, 3.8) is 0 Å². The van der Waals surface area contributed by atoms with Gasteiger partial charge < -0.3 is 30.1 Å². The summed E-state index contributed by atoms with van der Waals surface area (Å²) in [7, 11) is 0. The van der Waals surface area contributed by atoms with Crippen molar-refractivity contribution in [1.29, 1.82) is 0 Å². The van der Waals surface area contributed by atoms with E-state index in [1.807, 2.05) is 0 Å². The molecule has 2 saturated heterocycles. The number of non-ortho nitro benzene ring substituents is 3. The molecule has 2 aliphatic rings. The van der Waals surface area contributed by atoms with Gasteiger partial charge in [0.25, 0.3) is 17.1 Å². The third-order valence-electron chi connectivity index (χ3n) is 9.52. The lowest BCUT2D eigenvalue weighted by molar-refractivity contribution is -0.385. The Kier molecular flexibility index (Phi) is 13.9. The highest BCUT2D eigenvalue weighted by Crippen LogP contribution is 2.28. The number of thiol groups is 1. The first-order valence-electron chi connectivity index (χ1n) is 17.7. The van der Waals surface area contributed by atoms with E-state index in [-0.39, 0.29) is 80.3 Å². The molecule has 22 heteroatoms. The maximum Gasteiger partial charge on any atom is 0.437 e. The highest BCUT2D eigenvalue weighted by atomic mass is 32.1. The quantitative estimate of drug-likeness (QED) is 0.0732. The number of guanidine groups is 1. The maximum atomic E-state index is 13.5. The smallest absolute Gasteiger partial charge is 0.437 e. The molecule has 0 saturated carbocycles. The van der Waals surface area contributed by atoms with Crippen molar-refractivity contribution >= 4 is 59.7 Å². The standard InChI is InChI=1S/C36H38N8O13S/c37-34(38-35(48)56-20-23-3-9-26(10-4-23)43(52)53)41(36(49)57-21-24-5-11-27(12-6-24)44(54)55)28-13-14-39(18-28)32(46)17-31(45)30-16-29(58)19-40(30)33(47)15-22-1-7-25(8-2-22)42(50)51/h1-12,28-31,45,58H,13-21H2,(H2,37,38,48)/t28-,29-,30-,31-/m0/s1. The fourth-order valence-electron chi connectivity index (χ4n) is 6.53. The summed E-state index contributed by atoms with van der Waals surface area (Å²) in [5.74, 6) is -1.49. The van der Waals surface area contributed by atoms with Crippen molar-refractivity contribution in [2.24, 2.45) is 10.7 Å². The van der Waals surface area contributed by atoms with Crippen LogP contribution in [0.25, 0.3) is 0 Å². The molecule has 0 spiro atoms. The molecule has 306 valence electrons. The number of carbonyl (C=O) groups is 4. The number of aliphatic imine (C=N–C) groups is 1. The van der Waals surface area contributed by atoms with Crippen molar-refractivity contribution in [3.8, 4) is 0 Å². The molecule has 2 aliphatic heterocycles. The van der Waals surface area contributed by atoms with Crippen molar-refractivity contribution in [2.45, 2.75) is 62.3 Å².